The number of ketones is 1. The topological polar surface area (TPSA) is 65.1 Å². The average molecular weight is 236 g/mol. The Morgan fingerprint density at radius 1 is 1.59 bits per heavy atom. The van der Waals surface area contributed by atoms with E-state index in [1.165, 1.54) is 6.92 Å². The third-order valence-electron chi connectivity index (χ3n) is 3.02. The molecule has 2 rings (SSSR count). The SMILES string of the molecule is CC(=O)/C=C/CC1CCCCc2noc(=O)n21. The molecule has 0 aliphatic carbocycles. The van der Waals surface area contributed by atoms with Gasteiger partial charge in [0.1, 0.15) is 0 Å². The Labute approximate surface area is 99.1 Å². The van der Waals surface area contributed by atoms with Gasteiger partial charge in [-0.05, 0) is 32.3 Å². The molecule has 1 aromatic heterocycles. The van der Waals surface area contributed by atoms with Crippen LogP contribution in [0.15, 0.2) is 21.5 Å². The van der Waals surface area contributed by atoms with Gasteiger partial charge in [-0.25, -0.2) is 4.79 Å². The minimum absolute atomic E-state index is 0.0245. The highest BCUT2D eigenvalue weighted by molar-refractivity contribution is 5.87. The summed E-state index contributed by atoms with van der Waals surface area (Å²) in [6.45, 7) is 1.51. The van der Waals surface area contributed by atoms with E-state index in [1.807, 2.05) is 6.08 Å². The molecule has 0 N–H and O–H groups in total. The summed E-state index contributed by atoms with van der Waals surface area (Å²) in [4.78, 5) is 22.4. The van der Waals surface area contributed by atoms with Gasteiger partial charge < -0.3 is 0 Å². The van der Waals surface area contributed by atoms with Gasteiger partial charge in [-0.3, -0.25) is 13.9 Å². The predicted octanol–water partition coefficient (Wildman–Crippen LogP) is 1.64. The van der Waals surface area contributed by atoms with Gasteiger partial charge >= 0.3 is 5.76 Å². The second-order valence-electron chi connectivity index (χ2n) is 4.38. The molecule has 0 aromatic carbocycles. The zero-order valence-corrected chi connectivity index (χ0v) is 9.89. The molecule has 0 spiro atoms. The number of fused-ring (bicyclic) bond motifs is 1. The summed E-state index contributed by atoms with van der Waals surface area (Å²) in [6, 6.07) is 0.0712. The molecule has 1 aliphatic rings. The molecule has 1 unspecified atom stereocenters. The first-order valence-electron chi connectivity index (χ1n) is 5.92. The van der Waals surface area contributed by atoms with Crippen molar-refractivity contribution in [2.24, 2.45) is 0 Å². The van der Waals surface area contributed by atoms with E-state index in [0.717, 1.165) is 31.5 Å². The van der Waals surface area contributed by atoms with E-state index < -0.39 is 0 Å². The van der Waals surface area contributed by atoms with Crippen LogP contribution in [0, 0.1) is 0 Å². The molecule has 0 fully saturated rings. The zero-order chi connectivity index (χ0) is 12.3. The van der Waals surface area contributed by atoms with Crippen molar-refractivity contribution in [3.63, 3.8) is 0 Å². The minimum atomic E-state index is -0.386. The van der Waals surface area contributed by atoms with E-state index >= 15 is 0 Å². The maximum absolute atomic E-state index is 11.6. The van der Waals surface area contributed by atoms with Crippen molar-refractivity contribution >= 4 is 5.78 Å². The summed E-state index contributed by atoms with van der Waals surface area (Å²) in [7, 11) is 0. The Kier molecular flexibility index (Phi) is 3.56. The normalized spacial score (nSPS) is 20.2. The molecule has 17 heavy (non-hydrogen) atoms. The van der Waals surface area contributed by atoms with Crippen LogP contribution in [0.1, 0.15) is 44.5 Å². The summed E-state index contributed by atoms with van der Waals surface area (Å²) in [6.07, 6.45) is 7.85. The van der Waals surface area contributed by atoms with E-state index in [-0.39, 0.29) is 17.6 Å². The van der Waals surface area contributed by atoms with E-state index in [9.17, 15) is 9.59 Å². The lowest BCUT2D eigenvalue weighted by atomic mass is 10.1. The number of nitrogens with zero attached hydrogens (tertiary/aromatic N) is 2. The molecule has 92 valence electrons. The lowest BCUT2D eigenvalue weighted by Gasteiger charge is -2.13. The maximum atomic E-state index is 11.6. The molecule has 0 saturated carbocycles. The molecule has 1 aliphatic heterocycles. The number of carbonyl (C=O) groups excluding carboxylic acids is 1. The Morgan fingerprint density at radius 2 is 2.41 bits per heavy atom. The molecule has 2 heterocycles. The van der Waals surface area contributed by atoms with Gasteiger partial charge in [0.15, 0.2) is 11.6 Å². The molecular formula is C12H16N2O3. The zero-order valence-electron chi connectivity index (χ0n) is 9.89. The van der Waals surface area contributed by atoms with Gasteiger partial charge in [0.2, 0.25) is 0 Å². The number of aromatic nitrogens is 2. The highest BCUT2D eigenvalue weighted by Crippen LogP contribution is 2.24. The summed E-state index contributed by atoms with van der Waals surface area (Å²) in [5.41, 5.74) is 0. The fraction of sp³-hybridized carbons (Fsp3) is 0.583. The van der Waals surface area contributed by atoms with Gasteiger partial charge in [-0.2, -0.15) is 0 Å². The summed E-state index contributed by atoms with van der Waals surface area (Å²) in [5, 5.41) is 3.79. The van der Waals surface area contributed by atoms with Gasteiger partial charge in [0.25, 0.3) is 0 Å². The Hall–Kier alpha value is -1.65. The van der Waals surface area contributed by atoms with Crippen molar-refractivity contribution in [2.75, 3.05) is 0 Å². The number of allylic oxidation sites excluding steroid dienone is 2. The van der Waals surface area contributed by atoms with E-state index in [2.05, 4.69) is 5.16 Å². The van der Waals surface area contributed by atoms with Crippen molar-refractivity contribution in [2.45, 2.75) is 45.1 Å². The molecule has 0 bridgehead atoms. The van der Waals surface area contributed by atoms with E-state index in [0.29, 0.717) is 6.42 Å². The monoisotopic (exact) mass is 236 g/mol. The van der Waals surface area contributed by atoms with Crippen molar-refractivity contribution in [1.29, 1.82) is 0 Å². The first kappa shape index (κ1) is 11.8. The van der Waals surface area contributed by atoms with Crippen molar-refractivity contribution in [1.82, 2.24) is 9.72 Å². The standard InChI is InChI=1S/C12H16N2O3/c1-9(15)5-4-7-10-6-2-3-8-11-13-17-12(16)14(10)11/h4-5,10H,2-3,6-8H2,1H3/b5-4+. The second-order valence-corrected chi connectivity index (χ2v) is 4.38. The van der Waals surface area contributed by atoms with Crippen LogP contribution in [0.3, 0.4) is 0 Å². The lowest BCUT2D eigenvalue weighted by molar-refractivity contribution is -0.112. The third kappa shape index (κ3) is 2.72. The van der Waals surface area contributed by atoms with Crippen LogP contribution in [0.25, 0.3) is 0 Å². The Balaban J connectivity index is 2.19. The highest BCUT2D eigenvalue weighted by Gasteiger charge is 2.21. The fourth-order valence-corrected chi connectivity index (χ4v) is 2.22. The first-order valence-corrected chi connectivity index (χ1v) is 5.92. The molecule has 5 nitrogen and oxygen atoms in total. The number of carbonyl (C=O) groups is 1. The molecule has 1 aromatic rings. The van der Waals surface area contributed by atoms with Crippen LogP contribution < -0.4 is 5.76 Å². The van der Waals surface area contributed by atoms with Gasteiger partial charge in [0, 0.05) is 12.5 Å². The summed E-state index contributed by atoms with van der Waals surface area (Å²) in [5.74, 6) is 0.369. The van der Waals surface area contributed by atoms with Crippen LogP contribution in [0.5, 0.6) is 0 Å². The van der Waals surface area contributed by atoms with Gasteiger partial charge in [-0.15, -0.1) is 0 Å². The van der Waals surface area contributed by atoms with Crippen molar-refractivity contribution in [3.05, 3.63) is 28.5 Å². The van der Waals surface area contributed by atoms with E-state index in [4.69, 9.17) is 4.52 Å². The number of hydrogen-bond donors (Lipinski definition) is 0. The maximum Gasteiger partial charge on any atom is 0.441 e. The number of hydrogen-bond acceptors (Lipinski definition) is 4. The van der Waals surface area contributed by atoms with Gasteiger partial charge in [-0.1, -0.05) is 17.7 Å². The third-order valence-corrected chi connectivity index (χ3v) is 3.02. The molecule has 5 heteroatoms. The van der Waals surface area contributed by atoms with Gasteiger partial charge in [0.05, 0.1) is 0 Å². The van der Waals surface area contributed by atoms with Crippen molar-refractivity contribution in [3.8, 4) is 0 Å². The molecule has 0 saturated heterocycles. The van der Waals surface area contributed by atoms with Crippen LogP contribution in [-0.2, 0) is 11.2 Å². The number of rotatable bonds is 3. The second kappa shape index (κ2) is 5.12. The highest BCUT2D eigenvalue weighted by atomic mass is 16.5. The molecule has 0 radical (unpaired) electrons. The van der Waals surface area contributed by atoms with Crippen LogP contribution in [0.4, 0.5) is 0 Å². The predicted molar refractivity (Wildman–Crippen MR) is 61.8 cm³/mol. The van der Waals surface area contributed by atoms with Crippen LogP contribution in [-0.4, -0.2) is 15.5 Å². The smallest absolute Gasteiger partial charge is 0.296 e. The number of aryl methyl sites for hydroxylation is 1. The van der Waals surface area contributed by atoms with E-state index in [1.54, 1.807) is 10.6 Å². The Morgan fingerprint density at radius 3 is 3.18 bits per heavy atom. The molecule has 0 amide bonds. The quantitative estimate of drug-likeness (QED) is 0.748. The van der Waals surface area contributed by atoms with Crippen LogP contribution in [0.2, 0.25) is 0 Å². The Bertz CT molecular complexity index is 484. The van der Waals surface area contributed by atoms with Crippen LogP contribution >= 0.6 is 0 Å². The largest absolute Gasteiger partial charge is 0.441 e. The minimum Gasteiger partial charge on any atom is -0.296 e. The average Bonchev–Trinajstić information content (AvgIpc) is 2.52. The van der Waals surface area contributed by atoms with Crippen molar-refractivity contribution < 1.29 is 9.32 Å². The summed E-state index contributed by atoms with van der Waals surface area (Å²) < 4.78 is 6.33. The first-order chi connectivity index (χ1) is 8.18. The summed E-state index contributed by atoms with van der Waals surface area (Å²) >= 11 is 0. The lowest BCUT2D eigenvalue weighted by Crippen LogP contribution is -2.21. The fourth-order valence-electron chi connectivity index (χ4n) is 2.22. The molecule has 1 atom stereocenters. The molecular weight excluding hydrogens is 220 g/mol.